The smallest absolute Gasteiger partial charge is 0.340 e. The van der Waals surface area contributed by atoms with Gasteiger partial charge in [0, 0.05) is 12.1 Å². The molecule has 3 aromatic rings. The van der Waals surface area contributed by atoms with E-state index in [0.717, 1.165) is 11.1 Å². The van der Waals surface area contributed by atoms with Gasteiger partial charge in [0.15, 0.2) is 0 Å². The molecule has 0 bridgehead atoms. The number of aromatic hydroxyl groups is 1. The van der Waals surface area contributed by atoms with Crippen LogP contribution in [0.1, 0.15) is 28.4 Å². The van der Waals surface area contributed by atoms with E-state index >= 15 is 0 Å². The standard InChI is InChI=1S/C25H24N2O7/c1-2-34-25(30)22-13-10-20(27(31)32)14-23(22)26(15-18-6-4-3-5-7-18)24(29)17-33-16-19-8-11-21(28)12-9-19/h3-14,28H,2,15-17H2,1H3. The highest BCUT2D eigenvalue weighted by Gasteiger charge is 2.26. The average molecular weight is 464 g/mol. The topological polar surface area (TPSA) is 119 Å². The fraction of sp³-hybridized carbons (Fsp3) is 0.200. The van der Waals surface area contributed by atoms with E-state index in [1.54, 1.807) is 43.3 Å². The van der Waals surface area contributed by atoms with Crippen molar-refractivity contribution in [3.8, 4) is 5.75 Å². The van der Waals surface area contributed by atoms with Crippen LogP contribution in [0.2, 0.25) is 0 Å². The molecule has 34 heavy (non-hydrogen) atoms. The normalized spacial score (nSPS) is 10.5. The third kappa shape index (κ3) is 6.39. The molecule has 0 radical (unpaired) electrons. The van der Waals surface area contributed by atoms with Gasteiger partial charge in [-0.05, 0) is 36.2 Å². The van der Waals surface area contributed by atoms with Crippen molar-refractivity contribution in [1.29, 1.82) is 0 Å². The molecule has 0 saturated heterocycles. The van der Waals surface area contributed by atoms with Gasteiger partial charge in [-0.25, -0.2) is 4.79 Å². The zero-order chi connectivity index (χ0) is 24.5. The second-order valence-electron chi connectivity index (χ2n) is 7.30. The van der Waals surface area contributed by atoms with E-state index in [1.807, 2.05) is 6.07 Å². The average Bonchev–Trinajstić information content (AvgIpc) is 2.84. The van der Waals surface area contributed by atoms with E-state index in [-0.39, 0.29) is 49.1 Å². The zero-order valence-electron chi connectivity index (χ0n) is 18.5. The fourth-order valence-electron chi connectivity index (χ4n) is 3.24. The van der Waals surface area contributed by atoms with Crippen LogP contribution in [0, 0.1) is 10.1 Å². The Balaban J connectivity index is 1.92. The van der Waals surface area contributed by atoms with Gasteiger partial charge in [-0.15, -0.1) is 0 Å². The molecule has 3 rings (SSSR count). The lowest BCUT2D eigenvalue weighted by Crippen LogP contribution is -2.35. The third-order valence-corrected chi connectivity index (χ3v) is 4.89. The highest BCUT2D eigenvalue weighted by atomic mass is 16.6. The number of hydrogen-bond donors (Lipinski definition) is 1. The first kappa shape index (κ1) is 24.4. The van der Waals surface area contributed by atoms with E-state index in [9.17, 15) is 24.8 Å². The molecule has 0 aliphatic heterocycles. The Hall–Kier alpha value is -4.24. The summed E-state index contributed by atoms with van der Waals surface area (Å²) in [5.41, 5.74) is 1.35. The number of phenols is 1. The highest BCUT2D eigenvalue weighted by Crippen LogP contribution is 2.29. The second kappa shape index (κ2) is 11.6. The largest absolute Gasteiger partial charge is 0.508 e. The Labute approximate surface area is 196 Å². The summed E-state index contributed by atoms with van der Waals surface area (Å²) in [5, 5.41) is 20.8. The van der Waals surface area contributed by atoms with Gasteiger partial charge in [0.25, 0.3) is 11.6 Å². The van der Waals surface area contributed by atoms with Crippen LogP contribution in [-0.2, 0) is 27.4 Å². The predicted molar refractivity (Wildman–Crippen MR) is 124 cm³/mol. The van der Waals surface area contributed by atoms with E-state index in [4.69, 9.17) is 9.47 Å². The monoisotopic (exact) mass is 464 g/mol. The quantitative estimate of drug-likeness (QED) is 0.271. The van der Waals surface area contributed by atoms with Gasteiger partial charge in [-0.1, -0.05) is 42.5 Å². The number of benzene rings is 3. The minimum atomic E-state index is -0.691. The number of non-ortho nitro benzene ring substituents is 1. The molecule has 0 fully saturated rings. The molecule has 1 amide bonds. The molecule has 1 N–H and O–H groups in total. The van der Waals surface area contributed by atoms with Crippen LogP contribution in [0.5, 0.6) is 5.75 Å². The number of ether oxygens (including phenoxy) is 2. The third-order valence-electron chi connectivity index (χ3n) is 4.89. The number of nitro groups is 1. The number of nitrogens with zero attached hydrogens (tertiary/aromatic N) is 2. The summed E-state index contributed by atoms with van der Waals surface area (Å²) in [6, 6.07) is 19.1. The minimum absolute atomic E-state index is 0.0373. The van der Waals surface area contributed by atoms with Gasteiger partial charge >= 0.3 is 5.97 Å². The molecule has 176 valence electrons. The molecule has 9 heteroatoms. The summed E-state index contributed by atoms with van der Waals surface area (Å²) in [6.07, 6.45) is 0. The maximum atomic E-state index is 13.2. The maximum absolute atomic E-state index is 13.2. The van der Waals surface area contributed by atoms with Crippen molar-refractivity contribution in [2.24, 2.45) is 0 Å². The van der Waals surface area contributed by atoms with Crippen LogP contribution in [0.3, 0.4) is 0 Å². The van der Waals surface area contributed by atoms with Gasteiger partial charge in [0.1, 0.15) is 12.4 Å². The van der Waals surface area contributed by atoms with Crippen molar-refractivity contribution >= 4 is 23.3 Å². The first-order valence-electron chi connectivity index (χ1n) is 10.5. The van der Waals surface area contributed by atoms with Gasteiger partial charge < -0.3 is 19.5 Å². The summed E-state index contributed by atoms with van der Waals surface area (Å²) in [4.78, 5) is 37.9. The van der Waals surface area contributed by atoms with Crippen molar-refractivity contribution in [2.75, 3.05) is 18.1 Å². The van der Waals surface area contributed by atoms with Crippen molar-refractivity contribution in [1.82, 2.24) is 0 Å². The number of rotatable bonds is 10. The predicted octanol–water partition coefficient (Wildman–Crippen LogP) is 4.23. The van der Waals surface area contributed by atoms with Crippen LogP contribution >= 0.6 is 0 Å². The fourth-order valence-corrected chi connectivity index (χ4v) is 3.24. The SMILES string of the molecule is CCOC(=O)c1ccc([N+](=O)[O-])cc1N(Cc1ccccc1)C(=O)COCc1ccc(O)cc1. The number of amides is 1. The molecule has 0 aliphatic carbocycles. The first-order valence-corrected chi connectivity index (χ1v) is 10.5. The first-order chi connectivity index (χ1) is 16.4. The molecule has 0 aromatic heterocycles. The van der Waals surface area contributed by atoms with E-state index in [0.29, 0.717) is 0 Å². The Morgan fingerprint density at radius 1 is 1.00 bits per heavy atom. The molecule has 3 aromatic carbocycles. The Morgan fingerprint density at radius 3 is 2.35 bits per heavy atom. The summed E-state index contributed by atoms with van der Waals surface area (Å²) in [5.74, 6) is -1.07. The number of anilines is 1. The summed E-state index contributed by atoms with van der Waals surface area (Å²) >= 11 is 0. The Bertz CT molecular complexity index is 1150. The highest BCUT2D eigenvalue weighted by molar-refractivity contribution is 6.03. The number of carbonyl (C=O) groups is 2. The van der Waals surface area contributed by atoms with Gasteiger partial charge in [-0.2, -0.15) is 0 Å². The molecular formula is C25H24N2O7. The number of carbonyl (C=O) groups excluding carboxylic acids is 2. The summed E-state index contributed by atoms with van der Waals surface area (Å²) in [7, 11) is 0. The summed E-state index contributed by atoms with van der Waals surface area (Å²) in [6.45, 7) is 1.60. The van der Waals surface area contributed by atoms with Crippen LogP contribution in [0.4, 0.5) is 11.4 Å². The number of phenolic OH excluding ortho intramolecular Hbond substituents is 1. The van der Waals surface area contributed by atoms with E-state index in [2.05, 4.69) is 0 Å². The molecular weight excluding hydrogens is 440 g/mol. The zero-order valence-corrected chi connectivity index (χ0v) is 18.5. The van der Waals surface area contributed by atoms with Gasteiger partial charge in [0.2, 0.25) is 0 Å². The van der Waals surface area contributed by atoms with Gasteiger partial charge in [0.05, 0.1) is 35.9 Å². The van der Waals surface area contributed by atoms with Crippen molar-refractivity contribution in [3.05, 3.63) is 99.6 Å². The second-order valence-corrected chi connectivity index (χ2v) is 7.30. The maximum Gasteiger partial charge on any atom is 0.340 e. The molecule has 0 unspecified atom stereocenters. The molecule has 9 nitrogen and oxygen atoms in total. The van der Waals surface area contributed by atoms with Crippen molar-refractivity contribution < 1.29 is 29.1 Å². The number of hydrogen-bond acceptors (Lipinski definition) is 7. The molecule has 0 saturated carbocycles. The van der Waals surface area contributed by atoms with Crippen LogP contribution in [0.25, 0.3) is 0 Å². The van der Waals surface area contributed by atoms with Crippen LogP contribution < -0.4 is 4.90 Å². The molecule has 0 heterocycles. The lowest BCUT2D eigenvalue weighted by atomic mass is 10.1. The number of esters is 1. The summed E-state index contributed by atoms with van der Waals surface area (Å²) < 4.78 is 10.7. The van der Waals surface area contributed by atoms with Crippen LogP contribution in [-0.4, -0.2) is 35.1 Å². The van der Waals surface area contributed by atoms with Crippen molar-refractivity contribution in [2.45, 2.75) is 20.1 Å². The number of nitro benzene ring substituents is 1. The molecule has 0 spiro atoms. The Morgan fingerprint density at radius 2 is 1.71 bits per heavy atom. The Kier molecular flexibility index (Phi) is 8.31. The van der Waals surface area contributed by atoms with Crippen LogP contribution in [0.15, 0.2) is 72.8 Å². The molecule has 0 aliphatic rings. The van der Waals surface area contributed by atoms with Gasteiger partial charge in [-0.3, -0.25) is 14.9 Å². The minimum Gasteiger partial charge on any atom is -0.508 e. The molecule has 0 atom stereocenters. The van der Waals surface area contributed by atoms with E-state index in [1.165, 1.54) is 35.2 Å². The van der Waals surface area contributed by atoms with Crippen molar-refractivity contribution in [3.63, 3.8) is 0 Å². The lowest BCUT2D eigenvalue weighted by molar-refractivity contribution is -0.384. The van der Waals surface area contributed by atoms with E-state index < -0.39 is 16.8 Å². The lowest BCUT2D eigenvalue weighted by Gasteiger charge is -2.25.